The lowest BCUT2D eigenvalue weighted by Gasteiger charge is -2.12. The molecule has 9 heteroatoms. The Morgan fingerprint density at radius 3 is 2.13 bits per heavy atom. The molecule has 0 aliphatic heterocycles. The number of thiocarbonyl (C=S) groups is 1. The van der Waals surface area contributed by atoms with Crippen molar-refractivity contribution in [2.75, 3.05) is 16.6 Å². The summed E-state index contributed by atoms with van der Waals surface area (Å²) >= 11 is 17.1. The van der Waals surface area contributed by atoms with Gasteiger partial charge in [0.2, 0.25) is 0 Å². The summed E-state index contributed by atoms with van der Waals surface area (Å²) in [6.07, 6.45) is 0.846. The Balaban J connectivity index is 1.56. The van der Waals surface area contributed by atoms with Crippen LogP contribution in [0, 0.1) is 0 Å². The number of sulfonamides is 1. The van der Waals surface area contributed by atoms with E-state index in [9.17, 15) is 8.42 Å². The van der Waals surface area contributed by atoms with E-state index in [1.807, 2.05) is 18.2 Å². The van der Waals surface area contributed by atoms with Crippen molar-refractivity contribution in [1.29, 1.82) is 0 Å². The Bertz CT molecular complexity index is 1100. The second-order valence-electron chi connectivity index (χ2n) is 6.40. The lowest BCUT2D eigenvalue weighted by molar-refractivity contribution is 0.601. The highest BCUT2D eigenvalue weighted by Gasteiger charge is 2.15. The Hall–Kier alpha value is -2.32. The van der Waals surface area contributed by atoms with Gasteiger partial charge in [-0.2, -0.15) is 0 Å². The minimum absolute atomic E-state index is 0.104. The summed E-state index contributed by atoms with van der Waals surface area (Å²) < 4.78 is 27.6. The first-order chi connectivity index (χ1) is 14.3. The highest BCUT2D eigenvalue weighted by atomic mass is 35.5. The molecule has 0 saturated carbocycles. The Labute approximate surface area is 191 Å². The molecule has 0 spiro atoms. The molecule has 0 atom stereocenters. The summed E-state index contributed by atoms with van der Waals surface area (Å²) in [6, 6.07) is 20.9. The summed E-state index contributed by atoms with van der Waals surface area (Å²) in [5.74, 6) is 0. The van der Waals surface area contributed by atoms with Gasteiger partial charge in [-0.25, -0.2) is 8.42 Å². The fourth-order valence-corrected chi connectivity index (χ4v) is 4.47. The summed E-state index contributed by atoms with van der Waals surface area (Å²) in [4.78, 5) is 0.104. The summed E-state index contributed by atoms with van der Waals surface area (Å²) in [5, 5.41) is 7.32. The van der Waals surface area contributed by atoms with Crippen molar-refractivity contribution >= 4 is 61.9 Å². The Kier molecular flexibility index (Phi) is 7.55. The van der Waals surface area contributed by atoms with E-state index in [0.717, 1.165) is 6.42 Å². The first kappa shape index (κ1) is 22.4. The fraction of sp³-hybridized carbons (Fsp3) is 0.0952. The predicted octanol–water partition coefficient (Wildman–Crippen LogP) is 5.32. The number of nitrogens with one attached hydrogen (secondary N) is 3. The van der Waals surface area contributed by atoms with Crippen molar-refractivity contribution in [1.82, 2.24) is 5.32 Å². The van der Waals surface area contributed by atoms with Crippen LogP contribution in [0.3, 0.4) is 0 Å². The van der Waals surface area contributed by atoms with Gasteiger partial charge in [0.15, 0.2) is 5.11 Å². The van der Waals surface area contributed by atoms with Crippen LogP contribution in [0.25, 0.3) is 0 Å². The quantitative estimate of drug-likeness (QED) is 0.399. The molecule has 3 aromatic carbocycles. The fourth-order valence-electron chi connectivity index (χ4n) is 2.68. The first-order valence-corrected chi connectivity index (χ1v) is 11.6. The van der Waals surface area contributed by atoms with Crippen LogP contribution in [0.2, 0.25) is 10.0 Å². The summed E-state index contributed by atoms with van der Waals surface area (Å²) in [7, 11) is -3.78. The van der Waals surface area contributed by atoms with Crippen LogP contribution in [0.5, 0.6) is 0 Å². The zero-order valence-electron chi connectivity index (χ0n) is 15.7. The largest absolute Gasteiger partial charge is 0.362 e. The molecule has 3 rings (SSSR count). The molecule has 0 aromatic heterocycles. The maximum atomic E-state index is 12.6. The zero-order chi connectivity index (χ0) is 21.6. The van der Waals surface area contributed by atoms with Gasteiger partial charge in [0.1, 0.15) is 0 Å². The van der Waals surface area contributed by atoms with Gasteiger partial charge in [-0.05, 0) is 66.7 Å². The molecule has 5 nitrogen and oxygen atoms in total. The number of rotatable bonds is 7. The number of benzene rings is 3. The van der Waals surface area contributed by atoms with Crippen molar-refractivity contribution < 1.29 is 8.42 Å². The van der Waals surface area contributed by atoms with Gasteiger partial charge in [-0.1, -0.05) is 53.5 Å². The molecule has 0 aliphatic carbocycles. The van der Waals surface area contributed by atoms with Gasteiger partial charge in [0, 0.05) is 22.3 Å². The van der Waals surface area contributed by atoms with E-state index >= 15 is 0 Å². The van der Waals surface area contributed by atoms with Crippen LogP contribution in [-0.4, -0.2) is 20.1 Å². The maximum Gasteiger partial charge on any atom is 0.261 e. The molecule has 3 aromatic rings. The van der Waals surface area contributed by atoms with Gasteiger partial charge in [-0.3, -0.25) is 4.72 Å². The summed E-state index contributed by atoms with van der Waals surface area (Å²) in [5.41, 5.74) is 2.19. The zero-order valence-corrected chi connectivity index (χ0v) is 18.9. The van der Waals surface area contributed by atoms with Gasteiger partial charge in [0.25, 0.3) is 10.0 Å². The molecule has 156 valence electrons. The van der Waals surface area contributed by atoms with Crippen molar-refractivity contribution in [3.63, 3.8) is 0 Å². The normalized spacial score (nSPS) is 11.0. The van der Waals surface area contributed by atoms with Gasteiger partial charge < -0.3 is 10.6 Å². The highest BCUT2D eigenvalue weighted by molar-refractivity contribution is 7.92. The molecule has 0 amide bonds. The van der Waals surface area contributed by atoms with Gasteiger partial charge in [-0.15, -0.1) is 0 Å². The number of hydrogen-bond donors (Lipinski definition) is 3. The number of halogens is 2. The third kappa shape index (κ3) is 6.60. The minimum Gasteiger partial charge on any atom is -0.362 e. The first-order valence-electron chi connectivity index (χ1n) is 8.99. The number of anilines is 2. The minimum atomic E-state index is -3.78. The molecule has 3 N–H and O–H groups in total. The molecular weight excluding hydrogens is 461 g/mol. The van der Waals surface area contributed by atoms with E-state index < -0.39 is 10.0 Å². The Morgan fingerprint density at radius 1 is 0.867 bits per heavy atom. The van der Waals surface area contributed by atoms with Crippen LogP contribution >= 0.6 is 35.4 Å². The molecule has 0 heterocycles. The van der Waals surface area contributed by atoms with Crippen molar-refractivity contribution in [2.45, 2.75) is 11.3 Å². The number of hydrogen-bond acceptors (Lipinski definition) is 3. The summed E-state index contributed by atoms with van der Waals surface area (Å²) in [6.45, 7) is 0.689. The smallest absolute Gasteiger partial charge is 0.261 e. The second-order valence-corrected chi connectivity index (χ2v) is 9.37. The average Bonchev–Trinajstić information content (AvgIpc) is 2.68. The monoisotopic (exact) mass is 479 g/mol. The average molecular weight is 480 g/mol. The van der Waals surface area contributed by atoms with Crippen LogP contribution in [0.15, 0.2) is 77.7 Å². The molecule has 0 saturated heterocycles. The third-order valence-corrected chi connectivity index (χ3v) is 6.16. The maximum absolute atomic E-state index is 12.6. The van der Waals surface area contributed by atoms with E-state index in [2.05, 4.69) is 27.5 Å². The van der Waals surface area contributed by atoms with E-state index in [1.54, 1.807) is 12.1 Å². The van der Waals surface area contributed by atoms with Crippen molar-refractivity contribution in [3.8, 4) is 0 Å². The van der Waals surface area contributed by atoms with Gasteiger partial charge in [0.05, 0.1) is 10.6 Å². The molecule has 0 radical (unpaired) electrons. The SMILES string of the molecule is O=S(=O)(Nc1cc(Cl)cc(Cl)c1)c1ccc(NC(=S)NCCc2ccccc2)cc1. The molecule has 0 aliphatic rings. The topological polar surface area (TPSA) is 70.2 Å². The predicted molar refractivity (Wildman–Crippen MR) is 128 cm³/mol. The van der Waals surface area contributed by atoms with Crippen LogP contribution < -0.4 is 15.4 Å². The lowest BCUT2D eigenvalue weighted by Crippen LogP contribution is -2.30. The standard InChI is InChI=1S/C21H19Cl2N3O2S2/c22-16-12-17(23)14-19(13-16)26-30(27,28)20-8-6-18(7-9-20)25-21(29)24-11-10-15-4-2-1-3-5-15/h1-9,12-14,26H,10-11H2,(H2,24,25,29). The lowest BCUT2D eigenvalue weighted by atomic mass is 10.1. The van der Waals surface area contributed by atoms with Crippen LogP contribution in [-0.2, 0) is 16.4 Å². The van der Waals surface area contributed by atoms with Gasteiger partial charge >= 0.3 is 0 Å². The van der Waals surface area contributed by atoms with E-state index in [-0.39, 0.29) is 4.90 Å². The van der Waals surface area contributed by atoms with E-state index in [4.69, 9.17) is 35.4 Å². The molecule has 30 heavy (non-hydrogen) atoms. The molecule has 0 unspecified atom stereocenters. The van der Waals surface area contributed by atoms with Crippen molar-refractivity contribution in [3.05, 3.63) is 88.4 Å². The second kappa shape index (κ2) is 10.1. The van der Waals surface area contributed by atoms with Crippen molar-refractivity contribution in [2.24, 2.45) is 0 Å². The van der Waals surface area contributed by atoms with E-state index in [1.165, 1.54) is 35.9 Å². The van der Waals surface area contributed by atoms with Crippen LogP contribution in [0.1, 0.15) is 5.56 Å². The Morgan fingerprint density at radius 2 is 1.50 bits per heavy atom. The molecular formula is C21H19Cl2N3O2S2. The molecule has 0 bridgehead atoms. The van der Waals surface area contributed by atoms with Crippen LogP contribution in [0.4, 0.5) is 11.4 Å². The van der Waals surface area contributed by atoms with E-state index in [0.29, 0.717) is 33.1 Å². The highest BCUT2D eigenvalue weighted by Crippen LogP contribution is 2.25. The molecule has 0 fully saturated rings. The third-order valence-electron chi connectivity index (χ3n) is 4.08.